The van der Waals surface area contributed by atoms with Gasteiger partial charge in [0.1, 0.15) is 0 Å². The van der Waals surface area contributed by atoms with E-state index in [1.165, 1.54) is 0 Å². The summed E-state index contributed by atoms with van der Waals surface area (Å²) in [5, 5.41) is 11.0. The summed E-state index contributed by atoms with van der Waals surface area (Å²) in [6.45, 7) is 0. The lowest BCUT2D eigenvalue weighted by atomic mass is 10.1. The van der Waals surface area contributed by atoms with Gasteiger partial charge in [-0.3, -0.25) is 9.59 Å². The maximum Gasteiger partial charge on any atom is 0.307 e. The normalized spacial score (nSPS) is 9.52. The number of likely N-dealkylation sites (N-methyl/N-ethyl adjacent to an activating group) is 1. The number of carbonyl (C=O) groups is 2. The lowest BCUT2D eigenvalue weighted by Gasteiger charge is -1.99. The van der Waals surface area contributed by atoms with E-state index in [4.69, 9.17) is 5.11 Å². The Morgan fingerprint density at radius 2 is 1.43 bits per heavy atom. The van der Waals surface area contributed by atoms with Gasteiger partial charge in [-0.1, -0.05) is 56.1 Å². The van der Waals surface area contributed by atoms with Crippen molar-refractivity contribution in [3.05, 3.63) is 68.6 Å². The second-order valence-electron chi connectivity index (χ2n) is 4.68. The van der Waals surface area contributed by atoms with Crippen molar-refractivity contribution in [2.45, 2.75) is 12.8 Å². The molecule has 4 nitrogen and oxygen atoms in total. The Balaban J connectivity index is 0.000000231. The van der Waals surface area contributed by atoms with Crippen LogP contribution in [0.15, 0.2) is 57.5 Å². The van der Waals surface area contributed by atoms with Crippen LogP contribution in [0.5, 0.6) is 0 Å². The van der Waals surface area contributed by atoms with Crippen LogP contribution in [0.1, 0.15) is 11.1 Å². The molecule has 0 fully saturated rings. The van der Waals surface area contributed by atoms with Crippen molar-refractivity contribution in [2.75, 3.05) is 7.05 Å². The number of halogens is 2. The summed E-state index contributed by atoms with van der Waals surface area (Å²) in [7, 11) is 1.64. The SMILES string of the molecule is CNC(=O)Cc1cccc(Br)c1.O=C(O)Cc1cccc(Br)c1. The Kier molecular flexibility index (Phi) is 8.58. The molecular formula is C17H17Br2NO3. The number of benzene rings is 2. The Labute approximate surface area is 152 Å². The summed E-state index contributed by atoms with van der Waals surface area (Å²) in [6.07, 6.45) is 0.523. The van der Waals surface area contributed by atoms with Gasteiger partial charge in [0.15, 0.2) is 0 Å². The second-order valence-corrected chi connectivity index (χ2v) is 6.51. The molecule has 0 radical (unpaired) electrons. The lowest BCUT2D eigenvalue weighted by molar-refractivity contribution is -0.136. The number of rotatable bonds is 4. The summed E-state index contributed by atoms with van der Waals surface area (Å²) < 4.78 is 1.92. The van der Waals surface area contributed by atoms with Gasteiger partial charge < -0.3 is 10.4 Å². The summed E-state index contributed by atoms with van der Waals surface area (Å²) in [4.78, 5) is 21.2. The highest BCUT2D eigenvalue weighted by Gasteiger charge is 2.00. The van der Waals surface area contributed by atoms with E-state index in [0.29, 0.717) is 6.42 Å². The minimum atomic E-state index is -0.803. The first-order chi connectivity index (χ1) is 10.9. The number of carboxylic acid groups (broad SMARTS) is 1. The van der Waals surface area contributed by atoms with E-state index in [2.05, 4.69) is 37.2 Å². The average molecular weight is 443 g/mol. The van der Waals surface area contributed by atoms with Gasteiger partial charge >= 0.3 is 5.97 Å². The minimum Gasteiger partial charge on any atom is -0.481 e. The molecule has 0 saturated carbocycles. The molecule has 0 bridgehead atoms. The van der Waals surface area contributed by atoms with E-state index in [-0.39, 0.29) is 12.3 Å². The summed E-state index contributed by atoms with van der Waals surface area (Å²) in [5.74, 6) is -0.767. The summed E-state index contributed by atoms with van der Waals surface area (Å²) in [5.41, 5.74) is 1.83. The second kappa shape index (κ2) is 10.2. The molecule has 1 amide bonds. The fraction of sp³-hybridized carbons (Fsp3) is 0.176. The molecule has 2 aromatic rings. The molecule has 0 aliphatic rings. The zero-order chi connectivity index (χ0) is 17.2. The monoisotopic (exact) mass is 441 g/mol. The number of nitrogens with one attached hydrogen (secondary N) is 1. The fourth-order valence-electron chi connectivity index (χ4n) is 1.74. The molecule has 2 N–H and O–H groups in total. The number of hydrogen-bond donors (Lipinski definition) is 2. The Morgan fingerprint density at radius 1 is 0.957 bits per heavy atom. The number of amides is 1. The van der Waals surface area contributed by atoms with Crippen molar-refractivity contribution in [3.8, 4) is 0 Å². The number of carboxylic acids is 1. The van der Waals surface area contributed by atoms with Gasteiger partial charge in [0, 0.05) is 16.0 Å². The van der Waals surface area contributed by atoms with Crippen LogP contribution in [-0.2, 0) is 22.4 Å². The Hall–Kier alpha value is -1.66. The zero-order valence-corrected chi connectivity index (χ0v) is 15.7. The molecule has 0 aliphatic heterocycles. The number of hydrogen-bond acceptors (Lipinski definition) is 2. The van der Waals surface area contributed by atoms with E-state index >= 15 is 0 Å². The highest BCUT2D eigenvalue weighted by Crippen LogP contribution is 2.12. The minimum absolute atomic E-state index is 0.0353. The molecule has 2 aromatic carbocycles. The van der Waals surface area contributed by atoms with Crippen molar-refractivity contribution < 1.29 is 14.7 Å². The smallest absolute Gasteiger partial charge is 0.307 e. The molecule has 0 heterocycles. The molecular weight excluding hydrogens is 426 g/mol. The summed E-state index contributed by atoms with van der Waals surface area (Å²) in [6, 6.07) is 15.0. The van der Waals surface area contributed by atoms with Crippen molar-refractivity contribution in [3.63, 3.8) is 0 Å². The molecule has 6 heteroatoms. The van der Waals surface area contributed by atoms with Crippen molar-refractivity contribution in [1.29, 1.82) is 0 Å². The van der Waals surface area contributed by atoms with Gasteiger partial charge in [0.05, 0.1) is 12.8 Å². The van der Waals surface area contributed by atoms with Gasteiger partial charge in [-0.2, -0.15) is 0 Å². The molecule has 0 aliphatic carbocycles. The molecule has 0 saturated heterocycles. The highest BCUT2D eigenvalue weighted by molar-refractivity contribution is 9.10. The van der Waals surface area contributed by atoms with Crippen LogP contribution in [-0.4, -0.2) is 24.0 Å². The fourth-order valence-corrected chi connectivity index (χ4v) is 2.64. The van der Waals surface area contributed by atoms with Crippen molar-refractivity contribution in [1.82, 2.24) is 5.32 Å². The van der Waals surface area contributed by atoms with Gasteiger partial charge in [-0.15, -0.1) is 0 Å². The Bertz CT molecular complexity index is 674. The maximum absolute atomic E-state index is 11.0. The quantitative estimate of drug-likeness (QED) is 0.756. The first kappa shape index (κ1) is 19.4. The van der Waals surface area contributed by atoms with Crippen LogP contribution >= 0.6 is 31.9 Å². The van der Waals surface area contributed by atoms with Crippen LogP contribution in [0.4, 0.5) is 0 Å². The first-order valence-corrected chi connectivity index (χ1v) is 8.40. The standard InChI is InChI=1S/C9H10BrNO.C8H7BrO2/c1-11-9(12)6-7-3-2-4-8(10)5-7;9-7-3-1-2-6(4-7)5-8(10)11/h2-5H,6H2,1H3,(H,11,12);1-4H,5H2,(H,10,11). The van der Waals surface area contributed by atoms with Crippen LogP contribution < -0.4 is 5.32 Å². The average Bonchev–Trinajstić information content (AvgIpc) is 2.47. The first-order valence-electron chi connectivity index (χ1n) is 6.82. The maximum atomic E-state index is 11.0. The van der Waals surface area contributed by atoms with Crippen LogP contribution in [0.3, 0.4) is 0 Å². The largest absolute Gasteiger partial charge is 0.481 e. The van der Waals surface area contributed by atoms with Crippen molar-refractivity contribution in [2.24, 2.45) is 0 Å². The molecule has 0 aromatic heterocycles. The highest BCUT2D eigenvalue weighted by atomic mass is 79.9. The zero-order valence-electron chi connectivity index (χ0n) is 12.6. The third-order valence-corrected chi connectivity index (χ3v) is 3.76. The molecule has 2 rings (SSSR count). The van der Waals surface area contributed by atoms with E-state index in [1.807, 2.05) is 36.4 Å². The Morgan fingerprint density at radius 3 is 1.83 bits per heavy atom. The van der Waals surface area contributed by atoms with Gasteiger partial charge in [-0.05, 0) is 35.4 Å². The van der Waals surface area contributed by atoms with Crippen LogP contribution in [0.25, 0.3) is 0 Å². The molecule has 0 atom stereocenters. The van der Waals surface area contributed by atoms with E-state index in [1.54, 1.807) is 19.2 Å². The third-order valence-electron chi connectivity index (χ3n) is 2.78. The molecule has 122 valence electrons. The number of carbonyl (C=O) groups excluding carboxylic acids is 1. The van der Waals surface area contributed by atoms with Crippen LogP contribution in [0, 0.1) is 0 Å². The van der Waals surface area contributed by atoms with Gasteiger partial charge in [0.25, 0.3) is 0 Å². The predicted octanol–water partition coefficient (Wildman–Crippen LogP) is 3.81. The van der Waals surface area contributed by atoms with Gasteiger partial charge in [0.2, 0.25) is 5.91 Å². The lowest BCUT2D eigenvalue weighted by Crippen LogP contribution is -2.19. The summed E-state index contributed by atoms with van der Waals surface area (Å²) >= 11 is 6.60. The van der Waals surface area contributed by atoms with E-state index in [9.17, 15) is 9.59 Å². The predicted molar refractivity (Wildman–Crippen MR) is 97.4 cm³/mol. The third kappa shape index (κ3) is 8.52. The number of aliphatic carboxylic acids is 1. The molecule has 0 unspecified atom stereocenters. The molecule has 0 spiro atoms. The van der Waals surface area contributed by atoms with E-state index < -0.39 is 5.97 Å². The van der Waals surface area contributed by atoms with E-state index in [0.717, 1.165) is 20.1 Å². The van der Waals surface area contributed by atoms with Crippen LogP contribution in [0.2, 0.25) is 0 Å². The van der Waals surface area contributed by atoms with Gasteiger partial charge in [-0.25, -0.2) is 0 Å². The molecule has 23 heavy (non-hydrogen) atoms. The van der Waals surface area contributed by atoms with Crippen molar-refractivity contribution >= 4 is 43.7 Å². The topological polar surface area (TPSA) is 66.4 Å².